The Balaban J connectivity index is 1.64. The third-order valence-electron chi connectivity index (χ3n) is 3.89. The highest BCUT2D eigenvalue weighted by Gasteiger charge is 2.30. The zero-order valence-corrected chi connectivity index (χ0v) is 15.4. The standard InChI is InChI=1S/C21H17F3N2O3/c1-2-28-17-8-6-14(7-9-17)20(27)26-25-13-18-10-11-19(29-18)15-4-3-5-16(12-15)21(22,23)24/h3-13H,2H2,1H3,(H,26,27)/b25-13+. The summed E-state index contributed by atoms with van der Waals surface area (Å²) in [7, 11) is 0. The Hall–Kier alpha value is -3.55. The predicted molar refractivity (Wildman–Crippen MR) is 102 cm³/mol. The molecule has 0 aliphatic heterocycles. The first kappa shape index (κ1) is 20.2. The Morgan fingerprint density at radius 3 is 2.59 bits per heavy atom. The maximum absolute atomic E-state index is 12.8. The van der Waals surface area contributed by atoms with Gasteiger partial charge in [0.2, 0.25) is 0 Å². The number of carbonyl (C=O) groups excluding carboxylic acids is 1. The number of halogens is 3. The number of alkyl halides is 3. The fraction of sp³-hybridized carbons (Fsp3) is 0.143. The van der Waals surface area contributed by atoms with E-state index in [4.69, 9.17) is 9.15 Å². The van der Waals surface area contributed by atoms with Crippen LogP contribution in [0, 0.1) is 0 Å². The second-order valence-corrected chi connectivity index (χ2v) is 5.94. The number of furan rings is 1. The molecule has 5 nitrogen and oxygen atoms in total. The summed E-state index contributed by atoms with van der Waals surface area (Å²) in [4.78, 5) is 12.1. The number of hydrogen-bond donors (Lipinski definition) is 1. The maximum atomic E-state index is 12.8. The summed E-state index contributed by atoms with van der Waals surface area (Å²) in [5.41, 5.74) is 2.29. The Morgan fingerprint density at radius 1 is 1.14 bits per heavy atom. The molecule has 0 radical (unpaired) electrons. The molecule has 0 aliphatic rings. The molecule has 0 atom stereocenters. The molecule has 1 amide bonds. The van der Waals surface area contributed by atoms with E-state index in [0.717, 1.165) is 12.1 Å². The smallest absolute Gasteiger partial charge is 0.416 e. The van der Waals surface area contributed by atoms with Crippen LogP contribution in [-0.2, 0) is 6.18 Å². The Bertz CT molecular complexity index is 1010. The minimum absolute atomic E-state index is 0.260. The lowest BCUT2D eigenvalue weighted by molar-refractivity contribution is -0.137. The van der Waals surface area contributed by atoms with Crippen molar-refractivity contribution in [1.82, 2.24) is 5.43 Å². The molecular weight excluding hydrogens is 385 g/mol. The van der Waals surface area contributed by atoms with Gasteiger partial charge in [-0.05, 0) is 55.5 Å². The summed E-state index contributed by atoms with van der Waals surface area (Å²) < 4.78 is 49.3. The summed E-state index contributed by atoms with van der Waals surface area (Å²) in [5, 5.41) is 3.81. The molecule has 1 aromatic heterocycles. The average Bonchev–Trinajstić information content (AvgIpc) is 3.17. The van der Waals surface area contributed by atoms with Crippen LogP contribution in [0.25, 0.3) is 11.3 Å². The topological polar surface area (TPSA) is 63.8 Å². The summed E-state index contributed by atoms with van der Waals surface area (Å²) in [6, 6.07) is 14.5. The van der Waals surface area contributed by atoms with Gasteiger partial charge in [0.25, 0.3) is 5.91 Å². The van der Waals surface area contributed by atoms with Crippen LogP contribution in [0.3, 0.4) is 0 Å². The summed E-state index contributed by atoms with van der Waals surface area (Å²) >= 11 is 0. The van der Waals surface area contributed by atoms with Crippen molar-refractivity contribution in [3.05, 3.63) is 77.6 Å². The van der Waals surface area contributed by atoms with Crippen molar-refractivity contribution in [2.24, 2.45) is 5.10 Å². The van der Waals surface area contributed by atoms with Crippen molar-refractivity contribution < 1.29 is 27.1 Å². The van der Waals surface area contributed by atoms with E-state index >= 15 is 0 Å². The number of hydrazone groups is 1. The molecule has 2 aromatic carbocycles. The predicted octanol–water partition coefficient (Wildman–Crippen LogP) is 5.13. The molecule has 0 bridgehead atoms. The Morgan fingerprint density at radius 2 is 1.90 bits per heavy atom. The first-order valence-corrected chi connectivity index (χ1v) is 8.70. The highest BCUT2D eigenvalue weighted by atomic mass is 19.4. The second-order valence-electron chi connectivity index (χ2n) is 5.94. The first-order chi connectivity index (χ1) is 13.9. The minimum Gasteiger partial charge on any atom is -0.494 e. The summed E-state index contributed by atoms with van der Waals surface area (Å²) in [5.74, 6) is 0.777. The number of ether oxygens (including phenoxy) is 1. The number of carbonyl (C=O) groups is 1. The molecule has 3 aromatic rings. The van der Waals surface area contributed by atoms with Crippen molar-refractivity contribution in [2.75, 3.05) is 6.61 Å². The van der Waals surface area contributed by atoms with Gasteiger partial charge in [0.15, 0.2) is 0 Å². The van der Waals surface area contributed by atoms with E-state index in [-0.39, 0.29) is 17.1 Å². The fourth-order valence-corrected chi connectivity index (χ4v) is 2.51. The number of hydrogen-bond acceptors (Lipinski definition) is 4. The van der Waals surface area contributed by atoms with Gasteiger partial charge in [0, 0.05) is 11.1 Å². The molecule has 150 valence electrons. The van der Waals surface area contributed by atoms with Gasteiger partial charge < -0.3 is 9.15 Å². The lowest BCUT2D eigenvalue weighted by atomic mass is 10.1. The zero-order valence-electron chi connectivity index (χ0n) is 15.4. The average molecular weight is 402 g/mol. The Labute approximate surface area is 164 Å². The molecule has 0 aliphatic carbocycles. The number of benzene rings is 2. The molecule has 8 heteroatoms. The van der Waals surface area contributed by atoms with E-state index in [2.05, 4.69) is 10.5 Å². The molecule has 1 heterocycles. The molecule has 0 spiro atoms. The van der Waals surface area contributed by atoms with Gasteiger partial charge in [-0.1, -0.05) is 12.1 Å². The SMILES string of the molecule is CCOc1ccc(C(=O)N/N=C/c2ccc(-c3cccc(C(F)(F)F)c3)o2)cc1. The fourth-order valence-electron chi connectivity index (χ4n) is 2.51. The summed E-state index contributed by atoms with van der Waals surface area (Å²) in [6.07, 6.45) is -3.17. The van der Waals surface area contributed by atoms with E-state index < -0.39 is 17.6 Å². The molecule has 0 unspecified atom stereocenters. The zero-order chi connectivity index (χ0) is 20.9. The number of nitrogens with zero attached hydrogens (tertiary/aromatic N) is 1. The largest absolute Gasteiger partial charge is 0.494 e. The van der Waals surface area contributed by atoms with E-state index in [0.29, 0.717) is 17.9 Å². The van der Waals surface area contributed by atoms with Crippen LogP contribution in [0.2, 0.25) is 0 Å². The lowest BCUT2D eigenvalue weighted by Crippen LogP contribution is -2.17. The van der Waals surface area contributed by atoms with Crippen molar-refractivity contribution in [3.63, 3.8) is 0 Å². The first-order valence-electron chi connectivity index (χ1n) is 8.70. The van der Waals surface area contributed by atoms with Crippen LogP contribution in [0.5, 0.6) is 5.75 Å². The third kappa shape index (κ3) is 5.25. The highest BCUT2D eigenvalue weighted by Crippen LogP contribution is 2.32. The van der Waals surface area contributed by atoms with Crippen LogP contribution in [0.1, 0.15) is 28.6 Å². The number of rotatable bonds is 6. The van der Waals surface area contributed by atoms with Crippen molar-refractivity contribution in [1.29, 1.82) is 0 Å². The van der Waals surface area contributed by atoms with Crippen LogP contribution >= 0.6 is 0 Å². The van der Waals surface area contributed by atoms with E-state index in [1.807, 2.05) is 6.92 Å². The van der Waals surface area contributed by atoms with Crippen LogP contribution in [0.4, 0.5) is 13.2 Å². The van der Waals surface area contributed by atoms with Gasteiger partial charge in [-0.15, -0.1) is 0 Å². The lowest BCUT2D eigenvalue weighted by Gasteiger charge is -2.07. The molecule has 1 N–H and O–H groups in total. The number of amides is 1. The number of nitrogens with one attached hydrogen (secondary N) is 1. The van der Waals surface area contributed by atoms with Crippen LogP contribution in [-0.4, -0.2) is 18.7 Å². The highest BCUT2D eigenvalue weighted by molar-refractivity contribution is 5.94. The molecule has 29 heavy (non-hydrogen) atoms. The second kappa shape index (κ2) is 8.64. The van der Waals surface area contributed by atoms with E-state index in [1.54, 1.807) is 30.3 Å². The van der Waals surface area contributed by atoms with Crippen LogP contribution in [0.15, 0.2) is 70.2 Å². The van der Waals surface area contributed by atoms with E-state index in [1.165, 1.54) is 24.4 Å². The molecular formula is C21H17F3N2O3. The van der Waals surface area contributed by atoms with Crippen molar-refractivity contribution >= 4 is 12.1 Å². The van der Waals surface area contributed by atoms with Gasteiger partial charge in [0.05, 0.1) is 18.4 Å². The molecule has 0 saturated heterocycles. The van der Waals surface area contributed by atoms with E-state index in [9.17, 15) is 18.0 Å². The van der Waals surface area contributed by atoms with Gasteiger partial charge in [0.1, 0.15) is 17.3 Å². The molecule has 0 saturated carbocycles. The van der Waals surface area contributed by atoms with Crippen molar-refractivity contribution in [3.8, 4) is 17.1 Å². The third-order valence-corrected chi connectivity index (χ3v) is 3.89. The molecule has 0 fully saturated rings. The van der Waals surface area contributed by atoms with Gasteiger partial charge >= 0.3 is 6.18 Å². The normalized spacial score (nSPS) is 11.6. The summed E-state index contributed by atoms with van der Waals surface area (Å²) in [6.45, 7) is 2.39. The van der Waals surface area contributed by atoms with Gasteiger partial charge in [-0.2, -0.15) is 18.3 Å². The minimum atomic E-state index is -4.43. The van der Waals surface area contributed by atoms with Crippen LogP contribution < -0.4 is 10.2 Å². The Kier molecular flexibility index (Phi) is 6.01. The van der Waals surface area contributed by atoms with Gasteiger partial charge in [-0.3, -0.25) is 4.79 Å². The quantitative estimate of drug-likeness (QED) is 0.459. The maximum Gasteiger partial charge on any atom is 0.416 e. The van der Waals surface area contributed by atoms with Gasteiger partial charge in [-0.25, -0.2) is 5.43 Å². The monoisotopic (exact) mass is 402 g/mol. The molecule has 3 rings (SSSR count). The van der Waals surface area contributed by atoms with Crippen molar-refractivity contribution in [2.45, 2.75) is 13.1 Å².